The minimum Gasteiger partial charge on any atom is -0.399 e. The highest BCUT2D eigenvalue weighted by Gasteiger charge is 2.23. The number of nitrogens with two attached hydrogens (primary N) is 1. The van der Waals surface area contributed by atoms with E-state index in [-0.39, 0.29) is 5.91 Å². The molecule has 27 heavy (non-hydrogen) atoms. The third-order valence-electron chi connectivity index (χ3n) is 4.62. The lowest BCUT2D eigenvalue weighted by atomic mass is 10.2. The molecular weight excluding hydrogens is 358 g/mol. The van der Waals surface area contributed by atoms with E-state index in [1.54, 1.807) is 29.7 Å². The van der Waals surface area contributed by atoms with Gasteiger partial charge < -0.3 is 10.6 Å². The molecule has 2 aromatic heterocycles. The summed E-state index contributed by atoms with van der Waals surface area (Å²) in [6.45, 7) is 3.83. The molecule has 1 aliphatic rings. The first kappa shape index (κ1) is 17.6. The van der Waals surface area contributed by atoms with E-state index >= 15 is 0 Å². The highest BCUT2D eigenvalue weighted by atomic mass is 32.1. The Kier molecular flexibility index (Phi) is 5.13. The van der Waals surface area contributed by atoms with Crippen molar-refractivity contribution in [2.75, 3.05) is 31.9 Å². The molecular formula is C20H21N5OS. The molecule has 6 nitrogen and oxygen atoms in total. The number of carbonyl (C=O) groups is 1. The third kappa shape index (κ3) is 4.15. The van der Waals surface area contributed by atoms with Gasteiger partial charge in [-0.15, -0.1) is 11.3 Å². The largest absolute Gasteiger partial charge is 0.399 e. The zero-order chi connectivity index (χ0) is 18.6. The highest BCUT2D eigenvalue weighted by Crippen LogP contribution is 2.24. The maximum absolute atomic E-state index is 12.6. The van der Waals surface area contributed by atoms with Gasteiger partial charge >= 0.3 is 0 Å². The molecule has 1 amide bonds. The molecule has 1 aromatic carbocycles. The average Bonchev–Trinajstić information content (AvgIpc) is 3.17. The van der Waals surface area contributed by atoms with Gasteiger partial charge in [-0.2, -0.15) is 0 Å². The van der Waals surface area contributed by atoms with Crippen molar-refractivity contribution >= 4 is 22.9 Å². The van der Waals surface area contributed by atoms with Gasteiger partial charge in [0.1, 0.15) is 10.7 Å². The zero-order valence-corrected chi connectivity index (χ0v) is 15.7. The van der Waals surface area contributed by atoms with Crippen LogP contribution in [0.25, 0.3) is 10.6 Å². The van der Waals surface area contributed by atoms with Crippen molar-refractivity contribution in [1.29, 1.82) is 0 Å². The predicted octanol–water partition coefficient (Wildman–Crippen LogP) is 2.75. The Morgan fingerprint density at radius 3 is 2.63 bits per heavy atom. The second-order valence-corrected chi connectivity index (χ2v) is 7.41. The highest BCUT2D eigenvalue weighted by molar-refractivity contribution is 7.13. The van der Waals surface area contributed by atoms with Crippen molar-refractivity contribution in [1.82, 2.24) is 19.8 Å². The Bertz CT molecular complexity index is 919. The number of carbonyl (C=O) groups excluding carboxylic acids is 1. The standard InChI is InChI=1S/C20H21N5OS/c21-16-6-7-22-18(12-16)20(26)25-10-8-24(9-11-25)13-17-14-27-19(23-17)15-4-2-1-3-5-15/h1-7,12,14H,8-11,13H2,(H2,21,22). The lowest BCUT2D eigenvalue weighted by molar-refractivity contribution is 0.0621. The molecule has 0 aliphatic carbocycles. The van der Waals surface area contributed by atoms with Gasteiger partial charge in [-0.05, 0) is 12.1 Å². The van der Waals surface area contributed by atoms with Crippen LogP contribution in [0.5, 0.6) is 0 Å². The van der Waals surface area contributed by atoms with Gasteiger partial charge in [0.2, 0.25) is 0 Å². The molecule has 3 aromatic rings. The van der Waals surface area contributed by atoms with Crippen LogP contribution in [0.1, 0.15) is 16.2 Å². The minimum absolute atomic E-state index is 0.0537. The van der Waals surface area contributed by atoms with E-state index in [2.05, 4.69) is 27.4 Å². The molecule has 3 heterocycles. The summed E-state index contributed by atoms with van der Waals surface area (Å²) in [6.07, 6.45) is 1.57. The van der Waals surface area contributed by atoms with Crippen LogP contribution in [0.3, 0.4) is 0 Å². The Morgan fingerprint density at radius 2 is 1.89 bits per heavy atom. The number of anilines is 1. The number of benzene rings is 1. The van der Waals surface area contributed by atoms with Crippen molar-refractivity contribution < 1.29 is 4.79 Å². The molecule has 1 aliphatic heterocycles. The van der Waals surface area contributed by atoms with Gasteiger partial charge in [-0.1, -0.05) is 30.3 Å². The molecule has 138 valence electrons. The normalized spacial score (nSPS) is 15.0. The molecule has 0 atom stereocenters. The number of rotatable bonds is 4. The lowest BCUT2D eigenvalue weighted by Crippen LogP contribution is -2.48. The lowest BCUT2D eigenvalue weighted by Gasteiger charge is -2.34. The Balaban J connectivity index is 1.33. The van der Waals surface area contributed by atoms with E-state index in [9.17, 15) is 4.79 Å². The molecule has 1 saturated heterocycles. The first-order chi connectivity index (χ1) is 13.2. The van der Waals surface area contributed by atoms with Crippen molar-refractivity contribution in [3.05, 3.63) is 65.4 Å². The first-order valence-corrected chi connectivity index (χ1v) is 9.80. The van der Waals surface area contributed by atoms with Gasteiger partial charge in [-0.3, -0.25) is 14.7 Å². The molecule has 0 saturated carbocycles. The first-order valence-electron chi connectivity index (χ1n) is 8.92. The molecule has 1 fully saturated rings. The quantitative estimate of drug-likeness (QED) is 0.754. The molecule has 0 spiro atoms. The number of thiazole rings is 1. The third-order valence-corrected chi connectivity index (χ3v) is 5.56. The van der Waals surface area contributed by atoms with Gasteiger partial charge in [-0.25, -0.2) is 4.98 Å². The van der Waals surface area contributed by atoms with Crippen LogP contribution >= 0.6 is 11.3 Å². The number of hydrogen-bond acceptors (Lipinski definition) is 6. The number of nitrogens with zero attached hydrogens (tertiary/aromatic N) is 4. The van der Waals surface area contributed by atoms with E-state index in [4.69, 9.17) is 10.7 Å². The zero-order valence-electron chi connectivity index (χ0n) is 14.9. The fraction of sp³-hybridized carbons (Fsp3) is 0.250. The Morgan fingerprint density at radius 1 is 1.11 bits per heavy atom. The summed E-state index contributed by atoms with van der Waals surface area (Å²) in [5, 5.41) is 3.17. The van der Waals surface area contributed by atoms with Gasteiger partial charge in [0, 0.05) is 55.6 Å². The second-order valence-electron chi connectivity index (χ2n) is 6.55. The Hall–Kier alpha value is -2.77. The average molecular weight is 379 g/mol. The number of aromatic nitrogens is 2. The van der Waals surface area contributed by atoms with E-state index in [0.29, 0.717) is 24.5 Å². The number of nitrogen functional groups attached to an aromatic ring is 1. The molecule has 0 radical (unpaired) electrons. The molecule has 0 unspecified atom stereocenters. The number of hydrogen-bond donors (Lipinski definition) is 1. The number of piperazine rings is 1. The molecule has 0 bridgehead atoms. The summed E-state index contributed by atoms with van der Waals surface area (Å²) in [7, 11) is 0. The fourth-order valence-corrected chi connectivity index (χ4v) is 3.97. The van der Waals surface area contributed by atoms with Gasteiger partial charge in [0.25, 0.3) is 5.91 Å². The van der Waals surface area contributed by atoms with Crippen LogP contribution in [0, 0.1) is 0 Å². The number of amides is 1. The van der Waals surface area contributed by atoms with Crippen LogP contribution in [0.15, 0.2) is 54.0 Å². The summed E-state index contributed by atoms with van der Waals surface area (Å²) >= 11 is 1.67. The fourth-order valence-electron chi connectivity index (χ4n) is 3.16. The minimum atomic E-state index is -0.0537. The van der Waals surface area contributed by atoms with Gasteiger partial charge in [0.15, 0.2) is 0 Å². The van der Waals surface area contributed by atoms with Gasteiger partial charge in [0.05, 0.1) is 5.69 Å². The van der Waals surface area contributed by atoms with E-state index < -0.39 is 0 Å². The summed E-state index contributed by atoms with van der Waals surface area (Å²) in [6, 6.07) is 13.6. The summed E-state index contributed by atoms with van der Waals surface area (Å²) in [5.74, 6) is -0.0537. The molecule has 2 N–H and O–H groups in total. The maximum atomic E-state index is 12.6. The second kappa shape index (κ2) is 7.85. The van der Waals surface area contributed by atoms with Crippen LogP contribution in [0.4, 0.5) is 5.69 Å². The van der Waals surface area contributed by atoms with Crippen molar-refractivity contribution in [2.24, 2.45) is 0 Å². The monoisotopic (exact) mass is 379 g/mol. The summed E-state index contributed by atoms with van der Waals surface area (Å²) in [5.41, 5.74) is 8.96. The Labute approximate surface area is 162 Å². The van der Waals surface area contributed by atoms with Crippen LogP contribution in [-0.2, 0) is 6.54 Å². The maximum Gasteiger partial charge on any atom is 0.272 e. The molecule has 7 heteroatoms. The van der Waals surface area contributed by atoms with Crippen molar-refractivity contribution in [3.8, 4) is 10.6 Å². The van der Waals surface area contributed by atoms with Crippen LogP contribution < -0.4 is 5.73 Å². The van der Waals surface area contributed by atoms with E-state index in [0.717, 1.165) is 35.9 Å². The van der Waals surface area contributed by atoms with Crippen molar-refractivity contribution in [3.63, 3.8) is 0 Å². The summed E-state index contributed by atoms with van der Waals surface area (Å²) in [4.78, 5) is 25.6. The van der Waals surface area contributed by atoms with Crippen molar-refractivity contribution in [2.45, 2.75) is 6.54 Å². The van der Waals surface area contributed by atoms with E-state index in [1.165, 1.54) is 0 Å². The summed E-state index contributed by atoms with van der Waals surface area (Å²) < 4.78 is 0. The van der Waals surface area contributed by atoms with Crippen LogP contribution in [-0.4, -0.2) is 51.9 Å². The molecule has 4 rings (SSSR count). The smallest absolute Gasteiger partial charge is 0.272 e. The number of pyridine rings is 1. The van der Waals surface area contributed by atoms with E-state index in [1.807, 2.05) is 23.1 Å². The topological polar surface area (TPSA) is 75.3 Å². The van der Waals surface area contributed by atoms with Crippen LogP contribution in [0.2, 0.25) is 0 Å². The SMILES string of the molecule is Nc1ccnc(C(=O)N2CCN(Cc3csc(-c4ccccc4)n3)CC2)c1. The predicted molar refractivity (Wildman–Crippen MR) is 107 cm³/mol.